The highest BCUT2D eigenvalue weighted by atomic mass is 32.1. The molecular formula is C16H26N2O2S. The van der Waals surface area contributed by atoms with E-state index < -0.39 is 0 Å². The van der Waals surface area contributed by atoms with Crippen LogP contribution in [-0.2, 0) is 11.3 Å². The normalized spacial score (nSPS) is 24.8. The van der Waals surface area contributed by atoms with Gasteiger partial charge in [0.2, 0.25) is 0 Å². The van der Waals surface area contributed by atoms with Crippen molar-refractivity contribution in [1.29, 1.82) is 0 Å². The molecule has 1 aliphatic rings. The summed E-state index contributed by atoms with van der Waals surface area (Å²) >= 11 is 1.46. The Morgan fingerprint density at radius 1 is 1.52 bits per heavy atom. The van der Waals surface area contributed by atoms with E-state index in [1.54, 1.807) is 0 Å². The number of carbonyl (C=O) groups is 1. The van der Waals surface area contributed by atoms with E-state index in [1.165, 1.54) is 17.8 Å². The first-order valence-electron chi connectivity index (χ1n) is 7.52. The number of carbonyl (C=O) groups excluding carboxylic acids is 1. The Bertz CT molecular complexity index is 510. The van der Waals surface area contributed by atoms with Crippen LogP contribution in [0.3, 0.4) is 0 Å². The summed E-state index contributed by atoms with van der Waals surface area (Å²) < 4.78 is 6.13. The lowest BCUT2D eigenvalue weighted by molar-refractivity contribution is -0.0316. The lowest BCUT2D eigenvalue weighted by atomic mass is 9.71. The summed E-state index contributed by atoms with van der Waals surface area (Å²) in [5.74, 6) is 5.65. The summed E-state index contributed by atoms with van der Waals surface area (Å²) in [6.07, 6.45) is 3.82. The van der Waals surface area contributed by atoms with Crippen molar-refractivity contribution < 1.29 is 9.53 Å². The number of thiophene rings is 1. The van der Waals surface area contributed by atoms with Gasteiger partial charge in [0.1, 0.15) is 0 Å². The van der Waals surface area contributed by atoms with Gasteiger partial charge < -0.3 is 4.74 Å². The summed E-state index contributed by atoms with van der Waals surface area (Å²) in [6.45, 7) is 9.53. The van der Waals surface area contributed by atoms with Gasteiger partial charge in [0.05, 0.1) is 17.6 Å². The van der Waals surface area contributed by atoms with Crippen LogP contribution in [-0.4, -0.2) is 12.0 Å². The van der Waals surface area contributed by atoms with Crippen molar-refractivity contribution in [3.8, 4) is 0 Å². The van der Waals surface area contributed by atoms with E-state index in [-0.39, 0.29) is 5.91 Å². The molecule has 0 spiro atoms. The number of hydrogen-bond acceptors (Lipinski definition) is 4. The van der Waals surface area contributed by atoms with Crippen LogP contribution in [0.15, 0.2) is 6.07 Å². The molecule has 1 aromatic heterocycles. The standard InChI is InChI=1S/C16H26N2O2S/c1-10-5-13(8-16(3,4)7-10)20-9-12-6-14(15(19)18-17)21-11(12)2/h6,10,13H,5,7-9,17H2,1-4H3,(H,18,19). The Labute approximate surface area is 131 Å². The fourth-order valence-corrected chi connectivity index (χ4v) is 4.37. The highest BCUT2D eigenvalue weighted by Crippen LogP contribution is 2.40. The molecule has 4 nitrogen and oxygen atoms in total. The second-order valence-electron chi connectivity index (χ2n) is 7.01. The molecule has 1 aromatic rings. The molecule has 1 aliphatic carbocycles. The molecule has 1 saturated carbocycles. The van der Waals surface area contributed by atoms with Gasteiger partial charge in [-0.1, -0.05) is 20.8 Å². The smallest absolute Gasteiger partial charge is 0.275 e. The highest BCUT2D eigenvalue weighted by Gasteiger charge is 2.32. The molecular weight excluding hydrogens is 284 g/mol. The van der Waals surface area contributed by atoms with Gasteiger partial charge in [0.25, 0.3) is 5.91 Å². The zero-order valence-electron chi connectivity index (χ0n) is 13.4. The lowest BCUT2D eigenvalue weighted by Gasteiger charge is -2.38. The van der Waals surface area contributed by atoms with Crippen molar-refractivity contribution in [2.24, 2.45) is 17.2 Å². The summed E-state index contributed by atoms with van der Waals surface area (Å²) in [7, 11) is 0. The molecule has 0 bridgehead atoms. The highest BCUT2D eigenvalue weighted by molar-refractivity contribution is 7.14. The van der Waals surface area contributed by atoms with Crippen molar-refractivity contribution in [2.75, 3.05) is 0 Å². The van der Waals surface area contributed by atoms with Crippen LogP contribution < -0.4 is 11.3 Å². The topological polar surface area (TPSA) is 64.4 Å². The molecule has 5 heteroatoms. The van der Waals surface area contributed by atoms with Crippen molar-refractivity contribution in [3.05, 3.63) is 21.4 Å². The minimum absolute atomic E-state index is 0.234. The number of nitrogens with one attached hydrogen (secondary N) is 1. The average molecular weight is 310 g/mol. The predicted molar refractivity (Wildman–Crippen MR) is 86.1 cm³/mol. The maximum absolute atomic E-state index is 11.5. The molecule has 1 heterocycles. The van der Waals surface area contributed by atoms with Crippen LogP contribution in [0.5, 0.6) is 0 Å². The molecule has 2 atom stereocenters. The third kappa shape index (κ3) is 4.28. The summed E-state index contributed by atoms with van der Waals surface area (Å²) in [5, 5.41) is 0. The van der Waals surface area contributed by atoms with E-state index in [0.717, 1.165) is 23.3 Å². The third-order valence-electron chi connectivity index (χ3n) is 4.20. The SMILES string of the molecule is Cc1sc(C(=O)NN)cc1COC1CC(C)CC(C)(C)C1. The van der Waals surface area contributed by atoms with Gasteiger partial charge in [-0.3, -0.25) is 10.2 Å². The van der Waals surface area contributed by atoms with Crippen LogP contribution in [0.2, 0.25) is 0 Å². The van der Waals surface area contributed by atoms with Crippen LogP contribution in [0, 0.1) is 18.3 Å². The number of hydrazine groups is 1. The number of ether oxygens (including phenoxy) is 1. The number of hydrogen-bond donors (Lipinski definition) is 2. The van der Waals surface area contributed by atoms with Gasteiger partial charge in [-0.2, -0.15) is 0 Å². The number of nitrogens with two attached hydrogens (primary N) is 1. The molecule has 0 aromatic carbocycles. The summed E-state index contributed by atoms with van der Waals surface area (Å²) in [4.78, 5) is 13.3. The lowest BCUT2D eigenvalue weighted by Crippen LogP contribution is -2.32. The van der Waals surface area contributed by atoms with Crippen molar-refractivity contribution >= 4 is 17.2 Å². The van der Waals surface area contributed by atoms with E-state index in [1.807, 2.05) is 13.0 Å². The number of amides is 1. The number of rotatable bonds is 4. The van der Waals surface area contributed by atoms with E-state index in [9.17, 15) is 4.79 Å². The molecule has 1 amide bonds. The van der Waals surface area contributed by atoms with Crippen molar-refractivity contribution in [2.45, 2.75) is 59.7 Å². The monoisotopic (exact) mass is 310 g/mol. The molecule has 0 aliphatic heterocycles. The third-order valence-corrected chi connectivity index (χ3v) is 5.29. The summed E-state index contributed by atoms with van der Waals surface area (Å²) in [5.41, 5.74) is 3.62. The van der Waals surface area contributed by atoms with Crippen LogP contribution in [0.4, 0.5) is 0 Å². The predicted octanol–water partition coefficient (Wildman–Crippen LogP) is 3.39. The van der Waals surface area contributed by atoms with Gasteiger partial charge in [-0.05, 0) is 49.1 Å². The molecule has 0 saturated heterocycles. The van der Waals surface area contributed by atoms with Crippen LogP contribution in [0.25, 0.3) is 0 Å². The molecule has 21 heavy (non-hydrogen) atoms. The Kier molecular flexibility index (Phi) is 5.07. The second kappa shape index (κ2) is 6.46. The Hall–Kier alpha value is -0.910. The number of nitrogen functional groups attached to an aromatic ring is 1. The van der Waals surface area contributed by atoms with Gasteiger partial charge in [-0.15, -0.1) is 11.3 Å². The maximum atomic E-state index is 11.5. The first-order valence-corrected chi connectivity index (χ1v) is 8.34. The first-order chi connectivity index (χ1) is 9.80. The average Bonchev–Trinajstić information content (AvgIpc) is 2.74. The van der Waals surface area contributed by atoms with Crippen molar-refractivity contribution in [1.82, 2.24) is 5.43 Å². The Balaban J connectivity index is 1.97. The van der Waals surface area contributed by atoms with Gasteiger partial charge >= 0.3 is 0 Å². The minimum Gasteiger partial charge on any atom is -0.373 e. The first kappa shape index (κ1) is 16.5. The largest absolute Gasteiger partial charge is 0.373 e. The van der Waals surface area contributed by atoms with Crippen molar-refractivity contribution in [3.63, 3.8) is 0 Å². The summed E-state index contributed by atoms with van der Waals surface area (Å²) in [6, 6.07) is 1.89. The van der Waals surface area contributed by atoms with E-state index in [2.05, 4.69) is 26.2 Å². The molecule has 118 valence electrons. The van der Waals surface area contributed by atoms with E-state index >= 15 is 0 Å². The zero-order chi connectivity index (χ0) is 15.6. The van der Waals surface area contributed by atoms with E-state index in [0.29, 0.717) is 28.9 Å². The fourth-order valence-electron chi connectivity index (χ4n) is 3.44. The Morgan fingerprint density at radius 3 is 2.86 bits per heavy atom. The van der Waals surface area contributed by atoms with Crippen LogP contribution >= 0.6 is 11.3 Å². The molecule has 1 fully saturated rings. The van der Waals surface area contributed by atoms with Gasteiger partial charge in [0, 0.05) is 4.88 Å². The number of aryl methyl sites for hydroxylation is 1. The molecule has 2 rings (SSSR count). The maximum Gasteiger partial charge on any atom is 0.275 e. The zero-order valence-corrected chi connectivity index (χ0v) is 14.2. The van der Waals surface area contributed by atoms with Gasteiger partial charge in [-0.25, -0.2) is 5.84 Å². The quantitative estimate of drug-likeness (QED) is 0.509. The Morgan fingerprint density at radius 2 is 2.24 bits per heavy atom. The minimum atomic E-state index is -0.234. The second-order valence-corrected chi connectivity index (χ2v) is 8.27. The molecule has 0 radical (unpaired) electrons. The fraction of sp³-hybridized carbons (Fsp3) is 0.688. The van der Waals surface area contributed by atoms with Crippen LogP contribution in [0.1, 0.15) is 60.1 Å². The van der Waals surface area contributed by atoms with E-state index in [4.69, 9.17) is 10.6 Å². The molecule has 3 N–H and O–H groups in total. The van der Waals surface area contributed by atoms with Gasteiger partial charge in [0.15, 0.2) is 0 Å². The molecule has 2 unspecified atom stereocenters.